The molecule has 1 N–H and O–H groups in total. The third kappa shape index (κ3) is 4.65. The second kappa shape index (κ2) is 8.37. The number of aromatic nitrogens is 2. The van der Waals surface area contributed by atoms with Crippen molar-refractivity contribution in [3.63, 3.8) is 0 Å². The normalized spacial score (nSPS) is 14.3. The molecule has 0 radical (unpaired) electrons. The van der Waals surface area contributed by atoms with Gasteiger partial charge in [0.2, 0.25) is 11.9 Å². The highest BCUT2D eigenvalue weighted by molar-refractivity contribution is 5.93. The van der Waals surface area contributed by atoms with Crippen LogP contribution < -0.4 is 5.32 Å². The van der Waals surface area contributed by atoms with Crippen molar-refractivity contribution in [1.82, 2.24) is 19.8 Å². The van der Waals surface area contributed by atoms with Crippen LogP contribution in [0.3, 0.4) is 0 Å². The van der Waals surface area contributed by atoms with Gasteiger partial charge in [0, 0.05) is 44.5 Å². The molecule has 148 valence electrons. The van der Waals surface area contributed by atoms with Crippen molar-refractivity contribution in [2.75, 3.05) is 31.5 Å². The molecule has 1 aromatic carbocycles. The summed E-state index contributed by atoms with van der Waals surface area (Å²) in [4.78, 5) is 36.6. The Morgan fingerprint density at radius 1 is 1.00 bits per heavy atom. The fourth-order valence-electron chi connectivity index (χ4n) is 3.20. The van der Waals surface area contributed by atoms with Crippen LogP contribution >= 0.6 is 0 Å². The molecule has 1 fully saturated rings. The van der Waals surface area contributed by atoms with Gasteiger partial charge in [-0.2, -0.15) is 0 Å². The molecule has 0 spiro atoms. The minimum atomic E-state index is -0.132. The lowest BCUT2D eigenvalue weighted by Crippen LogP contribution is -2.50. The third-order valence-electron chi connectivity index (χ3n) is 4.92. The van der Waals surface area contributed by atoms with Gasteiger partial charge in [-0.15, -0.1) is 0 Å². The molecule has 1 aromatic heterocycles. The van der Waals surface area contributed by atoms with E-state index in [1.165, 1.54) is 5.56 Å². The van der Waals surface area contributed by atoms with Crippen molar-refractivity contribution in [3.8, 4) is 0 Å². The lowest BCUT2D eigenvalue weighted by Gasteiger charge is -2.34. The van der Waals surface area contributed by atoms with Gasteiger partial charge in [-0.05, 0) is 36.6 Å². The van der Waals surface area contributed by atoms with Gasteiger partial charge in [0.1, 0.15) is 5.69 Å². The highest BCUT2D eigenvalue weighted by atomic mass is 16.2. The first kappa shape index (κ1) is 19.8. The van der Waals surface area contributed by atoms with Crippen molar-refractivity contribution in [1.29, 1.82) is 0 Å². The Kier molecular flexibility index (Phi) is 5.92. The van der Waals surface area contributed by atoms with Crippen molar-refractivity contribution in [2.45, 2.75) is 33.6 Å². The maximum Gasteiger partial charge on any atom is 0.272 e. The summed E-state index contributed by atoms with van der Waals surface area (Å²) in [6.07, 6.45) is 0. The van der Waals surface area contributed by atoms with Crippen LogP contribution in [0.25, 0.3) is 0 Å². The van der Waals surface area contributed by atoms with Gasteiger partial charge in [0.15, 0.2) is 0 Å². The molecule has 7 heteroatoms. The minimum absolute atomic E-state index is 0.0416. The van der Waals surface area contributed by atoms with Crippen LogP contribution in [-0.4, -0.2) is 57.8 Å². The molecule has 1 aliphatic heterocycles. The van der Waals surface area contributed by atoms with E-state index in [0.717, 1.165) is 11.4 Å². The van der Waals surface area contributed by atoms with Gasteiger partial charge in [-0.1, -0.05) is 26.0 Å². The number of piperazine rings is 1. The summed E-state index contributed by atoms with van der Waals surface area (Å²) in [5.41, 5.74) is 3.23. The van der Waals surface area contributed by atoms with E-state index in [-0.39, 0.29) is 11.8 Å². The summed E-state index contributed by atoms with van der Waals surface area (Å²) in [6, 6.07) is 9.83. The molecule has 0 atom stereocenters. The van der Waals surface area contributed by atoms with E-state index < -0.39 is 0 Å². The first-order chi connectivity index (χ1) is 13.3. The van der Waals surface area contributed by atoms with Gasteiger partial charge in [0.25, 0.3) is 5.91 Å². The summed E-state index contributed by atoms with van der Waals surface area (Å²) >= 11 is 0. The maximum absolute atomic E-state index is 12.9. The average molecular weight is 381 g/mol. The number of nitrogens with zero attached hydrogens (tertiary/aromatic N) is 4. The van der Waals surface area contributed by atoms with E-state index >= 15 is 0 Å². The molecule has 1 saturated heterocycles. The zero-order valence-electron chi connectivity index (χ0n) is 16.9. The van der Waals surface area contributed by atoms with Gasteiger partial charge in [-0.3, -0.25) is 9.59 Å². The number of nitrogens with one attached hydrogen (secondary N) is 1. The minimum Gasteiger partial charge on any atom is -0.339 e. The predicted octanol–water partition coefficient (Wildman–Crippen LogP) is 2.96. The Balaban J connectivity index is 1.72. The first-order valence-corrected chi connectivity index (χ1v) is 9.61. The van der Waals surface area contributed by atoms with Crippen molar-refractivity contribution in [3.05, 3.63) is 47.3 Å². The number of rotatable bonds is 4. The number of aryl methyl sites for hydroxylation is 1. The Labute approximate surface area is 165 Å². The molecular formula is C21H27N5O2. The fourth-order valence-corrected chi connectivity index (χ4v) is 3.20. The van der Waals surface area contributed by atoms with Gasteiger partial charge < -0.3 is 15.1 Å². The number of hydrogen-bond acceptors (Lipinski definition) is 5. The van der Waals surface area contributed by atoms with Crippen molar-refractivity contribution >= 4 is 23.5 Å². The summed E-state index contributed by atoms with van der Waals surface area (Å²) in [5, 5.41) is 3.19. The zero-order valence-corrected chi connectivity index (χ0v) is 16.9. The van der Waals surface area contributed by atoms with Crippen LogP contribution in [0.1, 0.15) is 48.4 Å². The highest BCUT2D eigenvalue weighted by Gasteiger charge is 2.24. The Morgan fingerprint density at radius 3 is 2.18 bits per heavy atom. The van der Waals surface area contributed by atoms with E-state index in [2.05, 4.69) is 41.3 Å². The van der Waals surface area contributed by atoms with E-state index in [4.69, 9.17) is 0 Å². The quantitative estimate of drug-likeness (QED) is 0.881. The lowest BCUT2D eigenvalue weighted by molar-refractivity contribution is -0.130. The van der Waals surface area contributed by atoms with E-state index in [0.29, 0.717) is 43.7 Å². The number of carbonyl (C=O) groups is 2. The number of anilines is 2. The smallest absolute Gasteiger partial charge is 0.272 e. The summed E-state index contributed by atoms with van der Waals surface area (Å²) in [6.45, 7) is 9.84. The molecular weight excluding hydrogens is 354 g/mol. The summed E-state index contributed by atoms with van der Waals surface area (Å²) in [7, 11) is 0. The van der Waals surface area contributed by atoms with Crippen LogP contribution in [0.15, 0.2) is 30.3 Å². The van der Waals surface area contributed by atoms with Crippen molar-refractivity contribution in [2.24, 2.45) is 0 Å². The first-order valence-electron chi connectivity index (χ1n) is 9.61. The van der Waals surface area contributed by atoms with Crippen LogP contribution in [-0.2, 0) is 4.79 Å². The van der Waals surface area contributed by atoms with E-state index in [9.17, 15) is 9.59 Å². The Morgan fingerprint density at radius 2 is 1.61 bits per heavy atom. The average Bonchev–Trinajstić information content (AvgIpc) is 2.67. The lowest BCUT2D eigenvalue weighted by atomic mass is 10.0. The number of benzene rings is 1. The standard InChI is InChI=1S/C21H27N5O2/c1-14(2)17-5-7-18(8-6-17)23-21-22-15(3)13-19(24-21)20(28)26-11-9-25(10-12-26)16(4)27/h5-8,13-14H,9-12H2,1-4H3,(H,22,23,24). The topological polar surface area (TPSA) is 78.4 Å². The van der Waals surface area contributed by atoms with Gasteiger partial charge in [0.05, 0.1) is 0 Å². The Bertz CT molecular complexity index is 856. The molecule has 7 nitrogen and oxygen atoms in total. The molecule has 0 unspecified atom stereocenters. The molecule has 0 aliphatic carbocycles. The fraction of sp³-hybridized carbons (Fsp3) is 0.429. The molecule has 2 aromatic rings. The number of amides is 2. The monoisotopic (exact) mass is 381 g/mol. The Hall–Kier alpha value is -2.96. The summed E-state index contributed by atoms with van der Waals surface area (Å²) in [5.74, 6) is 0.784. The molecule has 3 rings (SSSR count). The van der Waals surface area contributed by atoms with Crippen LogP contribution in [0.5, 0.6) is 0 Å². The van der Waals surface area contributed by atoms with Crippen LogP contribution in [0, 0.1) is 6.92 Å². The summed E-state index contributed by atoms with van der Waals surface area (Å²) < 4.78 is 0. The van der Waals surface area contributed by atoms with E-state index in [1.54, 1.807) is 22.8 Å². The second-order valence-electron chi connectivity index (χ2n) is 7.42. The van der Waals surface area contributed by atoms with Gasteiger partial charge >= 0.3 is 0 Å². The van der Waals surface area contributed by atoms with Crippen molar-refractivity contribution < 1.29 is 9.59 Å². The van der Waals surface area contributed by atoms with E-state index in [1.807, 2.05) is 19.1 Å². The largest absolute Gasteiger partial charge is 0.339 e. The SMILES string of the molecule is CC(=O)N1CCN(C(=O)c2cc(C)nc(Nc3ccc(C(C)C)cc3)n2)CC1. The predicted molar refractivity (Wildman–Crippen MR) is 109 cm³/mol. The van der Waals surface area contributed by atoms with Crippen LogP contribution in [0.4, 0.5) is 11.6 Å². The third-order valence-corrected chi connectivity index (χ3v) is 4.92. The molecule has 0 saturated carbocycles. The number of hydrogen-bond donors (Lipinski definition) is 1. The maximum atomic E-state index is 12.9. The van der Waals surface area contributed by atoms with Gasteiger partial charge in [-0.25, -0.2) is 9.97 Å². The molecule has 2 amide bonds. The molecule has 1 aliphatic rings. The second-order valence-corrected chi connectivity index (χ2v) is 7.42. The van der Waals surface area contributed by atoms with Crippen LogP contribution in [0.2, 0.25) is 0 Å². The molecule has 0 bridgehead atoms. The highest BCUT2D eigenvalue weighted by Crippen LogP contribution is 2.20. The molecule has 28 heavy (non-hydrogen) atoms. The number of carbonyl (C=O) groups excluding carboxylic acids is 2. The molecule has 2 heterocycles. The zero-order chi connectivity index (χ0) is 20.3.